The lowest BCUT2D eigenvalue weighted by molar-refractivity contribution is -0.159. The van der Waals surface area contributed by atoms with Crippen molar-refractivity contribution in [2.75, 3.05) is 13.2 Å². The van der Waals surface area contributed by atoms with E-state index in [0.717, 1.165) is 18.4 Å². The second-order valence-electron chi connectivity index (χ2n) is 6.08. The van der Waals surface area contributed by atoms with E-state index >= 15 is 0 Å². The summed E-state index contributed by atoms with van der Waals surface area (Å²) in [5.74, 6) is 0.102. The largest absolute Gasteiger partial charge is 0.471 e. The van der Waals surface area contributed by atoms with E-state index in [1.54, 1.807) is 24.3 Å². The maximum absolute atomic E-state index is 12.5. The van der Waals surface area contributed by atoms with Crippen LogP contribution in [0.25, 0.3) is 11.4 Å². The number of rotatable bonds is 5. The Hall–Kier alpha value is -2.86. The molecule has 0 saturated carbocycles. The molecule has 1 saturated heterocycles. The zero-order valence-electron chi connectivity index (χ0n) is 14.2. The maximum Gasteiger partial charge on any atom is 0.471 e. The number of hydrogen-bond acceptors (Lipinski definition) is 5. The number of alkyl halides is 3. The first-order valence-electron chi connectivity index (χ1n) is 8.24. The fourth-order valence-electron chi connectivity index (χ4n) is 2.78. The van der Waals surface area contributed by atoms with Crippen molar-refractivity contribution in [1.29, 1.82) is 0 Å². The van der Waals surface area contributed by atoms with Crippen LogP contribution in [0, 0.1) is 12.3 Å². The molecular weight excluding hydrogens is 363 g/mol. The Balaban J connectivity index is 1.70. The lowest BCUT2D eigenvalue weighted by atomic mass is 10.1. The van der Waals surface area contributed by atoms with Crippen molar-refractivity contribution in [3.63, 3.8) is 0 Å². The lowest BCUT2D eigenvalue weighted by Crippen LogP contribution is -2.36. The van der Waals surface area contributed by atoms with Gasteiger partial charge in [-0.2, -0.15) is 18.2 Å². The van der Waals surface area contributed by atoms with Gasteiger partial charge in [0.25, 0.3) is 5.91 Å². The highest BCUT2D eigenvalue weighted by molar-refractivity contribution is 5.92. The van der Waals surface area contributed by atoms with E-state index in [9.17, 15) is 18.0 Å². The van der Waals surface area contributed by atoms with Crippen molar-refractivity contribution in [3.8, 4) is 23.7 Å². The molecule has 1 unspecified atom stereocenters. The first kappa shape index (κ1) is 18.9. The Morgan fingerprint density at radius 1 is 1.33 bits per heavy atom. The van der Waals surface area contributed by atoms with Gasteiger partial charge in [0.1, 0.15) is 0 Å². The highest BCUT2D eigenvalue weighted by atomic mass is 19.4. The van der Waals surface area contributed by atoms with Crippen LogP contribution in [0.2, 0.25) is 0 Å². The summed E-state index contributed by atoms with van der Waals surface area (Å²) >= 11 is 0. The molecule has 0 aliphatic carbocycles. The Labute approximate surface area is 153 Å². The summed E-state index contributed by atoms with van der Waals surface area (Å²) in [4.78, 5) is 16.8. The van der Waals surface area contributed by atoms with Crippen LogP contribution >= 0.6 is 0 Å². The molecule has 142 valence electrons. The Morgan fingerprint density at radius 3 is 2.63 bits per heavy atom. The van der Waals surface area contributed by atoms with Gasteiger partial charge in [0.05, 0.1) is 6.10 Å². The molecule has 0 spiro atoms. The zero-order valence-corrected chi connectivity index (χ0v) is 14.2. The molecule has 0 bridgehead atoms. The summed E-state index contributed by atoms with van der Waals surface area (Å²) in [5, 5.41) is 3.34. The molecule has 1 aliphatic rings. The summed E-state index contributed by atoms with van der Waals surface area (Å²) in [6.07, 6.45) is 2.32. The topological polar surface area (TPSA) is 68.5 Å². The van der Waals surface area contributed by atoms with Gasteiger partial charge in [0.2, 0.25) is 5.82 Å². The quantitative estimate of drug-likeness (QED) is 0.748. The third kappa shape index (κ3) is 4.65. The zero-order chi connectivity index (χ0) is 19.4. The number of aromatic nitrogens is 2. The van der Waals surface area contributed by atoms with Crippen LogP contribution in [0.15, 0.2) is 28.8 Å². The standard InChI is InChI=1S/C18H16F3N3O3/c1-2-15(25)24(11-14-4-3-9-26-14)10-12-5-7-13(8-6-12)16-22-17(27-23-16)18(19,20)21/h1,5-8,14H,3-4,9-11H2. The lowest BCUT2D eigenvalue weighted by Gasteiger charge is -2.23. The van der Waals surface area contributed by atoms with Crippen LogP contribution < -0.4 is 0 Å². The molecule has 0 N–H and O–H groups in total. The van der Waals surface area contributed by atoms with Gasteiger partial charge in [-0.15, -0.1) is 6.42 Å². The first-order valence-corrected chi connectivity index (χ1v) is 8.24. The number of carbonyl (C=O) groups is 1. The van der Waals surface area contributed by atoms with Crippen LogP contribution in [0.4, 0.5) is 13.2 Å². The van der Waals surface area contributed by atoms with Gasteiger partial charge in [-0.1, -0.05) is 29.4 Å². The number of amides is 1. The van der Waals surface area contributed by atoms with E-state index in [0.29, 0.717) is 18.7 Å². The van der Waals surface area contributed by atoms with Crippen molar-refractivity contribution < 1.29 is 27.2 Å². The molecule has 9 heteroatoms. The number of hydrogen-bond donors (Lipinski definition) is 0. The van der Waals surface area contributed by atoms with Crippen LogP contribution in [-0.2, 0) is 22.3 Å². The molecule has 6 nitrogen and oxygen atoms in total. The molecule has 1 aromatic carbocycles. The number of terminal acetylenes is 1. The molecule has 1 amide bonds. The summed E-state index contributed by atoms with van der Waals surface area (Å²) in [6, 6.07) is 6.46. The van der Waals surface area contributed by atoms with Gasteiger partial charge in [-0.05, 0) is 24.3 Å². The SMILES string of the molecule is C#CC(=O)N(Cc1ccc(-c2noc(C(F)(F)F)n2)cc1)CC1CCCO1. The molecule has 1 aromatic heterocycles. The van der Waals surface area contributed by atoms with Crippen molar-refractivity contribution >= 4 is 5.91 Å². The second kappa shape index (κ2) is 7.80. The molecule has 2 aromatic rings. The summed E-state index contributed by atoms with van der Waals surface area (Å²) in [6.45, 7) is 1.33. The minimum Gasteiger partial charge on any atom is -0.376 e. The molecule has 1 atom stereocenters. The molecular formula is C18H16F3N3O3. The van der Waals surface area contributed by atoms with Crippen LogP contribution in [0.5, 0.6) is 0 Å². The van der Waals surface area contributed by atoms with E-state index in [-0.39, 0.29) is 18.5 Å². The van der Waals surface area contributed by atoms with Gasteiger partial charge in [0.15, 0.2) is 0 Å². The van der Waals surface area contributed by atoms with Crippen LogP contribution in [0.3, 0.4) is 0 Å². The molecule has 0 radical (unpaired) electrons. The van der Waals surface area contributed by atoms with E-state index in [2.05, 4.69) is 20.6 Å². The van der Waals surface area contributed by atoms with Gasteiger partial charge in [-0.25, -0.2) is 0 Å². The Kier molecular flexibility index (Phi) is 5.46. The molecule has 1 aliphatic heterocycles. The monoisotopic (exact) mass is 379 g/mol. The number of ether oxygens (including phenoxy) is 1. The number of halogens is 3. The molecule has 27 heavy (non-hydrogen) atoms. The predicted octanol–water partition coefficient (Wildman–Crippen LogP) is 2.90. The molecule has 3 rings (SSSR count). The van der Waals surface area contributed by atoms with Crippen LogP contribution in [0.1, 0.15) is 24.3 Å². The van der Waals surface area contributed by atoms with Crippen molar-refractivity contribution in [2.24, 2.45) is 0 Å². The summed E-state index contributed by atoms with van der Waals surface area (Å²) in [5.41, 5.74) is 1.13. The Morgan fingerprint density at radius 2 is 2.07 bits per heavy atom. The van der Waals surface area contributed by atoms with Gasteiger partial charge < -0.3 is 14.2 Å². The smallest absolute Gasteiger partial charge is 0.376 e. The first-order chi connectivity index (χ1) is 12.9. The highest BCUT2D eigenvalue weighted by Gasteiger charge is 2.38. The average Bonchev–Trinajstić information content (AvgIpc) is 3.32. The number of nitrogens with zero attached hydrogens (tertiary/aromatic N) is 3. The van der Waals surface area contributed by atoms with Crippen molar-refractivity contribution in [3.05, 3.63) is 35.7 Å². The van der Waals surface area contributed by atoms with E-state index in [1.165, 1.54) is 4.90 Å². The van der Waals surface area contributed by atoms with Gasteiger partial charge >= 0.3 is 12.1 Å². The minimum absolute atomic E-state index is 0.0401. The molecule has 2 heterocycles. The van der Waals surface area contributed by atoms with Crippen LogP contribution in [-0.4, -0.2) is 40.2 Å². The summed E-state index contributed by atoms with van der Waals surface area (Å²) < 4.78 is 47.4. The van der Waals surface area contributed by atoms with E-state index < -0.39 is 18.0 Å². The fourth-order valence-corrected chi connectivity index (χ4v) is 2.78. The molecule has 1 fully saturated rings. The summed E-state index contributed by atoms with van der Waals surface area (Å²) in [7, 11) is 0. The third-order valence-corrected chi connectivity index (χ3v) is 4.11. The number of carbonyl (C=O) groups excluding carboxylic acids is 1. The maximum atomic E-state index is 12.5. The van der Waals surface area contributed by atoms with E-state index in [4.69, 9.17) is 11.2 Å². The minimum atomic E-state index is -4.69. The van der Waals surface area contributed by atoms with Crippen molar-refractivity contribution in [2.45, 2.75) is 31.7 Å². The predicted molar refractivity (Wildman–Crippen MR) is 88.0 cm³/mol. The average molecular weight is 379 g/mol. The Bertz CT molecular complexity index is 834. The van der Waals surface area contributed by atoms with E-state index in [1.807, 2.05) is 0 Å². The number of benzene rings is 1. The second-order valence-corrected chi connectivity index (χ2v) is 6.08. The van der Waals surface area contributed by atoms with Gasteiger partial charge in [0, 0.05) is 25.3 Å². The highest BCUT2D eigenvalue weighted by Crippen LogP contribution is 2.29. The normalized spacial score (nSPS) is 16.9. The van der Waals surface area contributed by atoms with Gasteiger partial charge in [-0.3, -0.25) is 4.79 Å². The fraction of sp³-hybridized carbons (Fsp3) is 0.389. The van der Waals surface area contributed by atoms with Crippen molar-refractivity contribution in [1.82, 2.24) is 15.0 Å². The third-order valence-electron chi connectivity index (χ3n) is 4.11.